The maximum Gasteiger partial charge on any atom is 0.257 e. The van der Waals surface area contributed by atoms with Gasteiger partial charge in [-0.2, -0.15) is 5.10 Å². The predicted molar refractivity (Wildman–Crippen MR) is 124 cm³/mol. The van der Waals surface area contributed by atoms with Gasteiger partial charge >= 0.3 is 0 Å². The lowest BCUT2D eigenvalue weighted by atomic mass is 10.1. The van der Waals surface area contributed by atoms with Crippen molar-refractivity contribution in [3.63, 3.8) is 0 Å². The van der Waals surface area contributed by atoms with Crippen molar-refractivity contribution < 1.29 is 18.7 Å². The molecule has 1 amide bonds. The summed E-state index contributed by atoms with van der Waals surface area (Å²) in [5.74, 6) is 2.05. The van der Waals surface area contributed by atoms with Crippen molar-refractivity contribution in [1.29, 1.82) is 0 Å². The van der Waals surface area contributed by atoms with Crippen molar-refractivity contribution >= 4 is 23.0 Å². The third kappa shape index (κ3) is 4.71. The third-order valence-corrected chi connectivity index (χ3v) is 6.42. The number of nitrogens with zero attached hydrogens (tertiary/aromatic N) is 3. The Morgan fingerprint density at radius 2 is 2.06 bits per heavy atom. The summed E-state index contributed by atoms with van der Waals surface area (Å²) in [6.45, 7) is 3.63. The number of hydrogen-bond donors (Lipinski definition) is 0. The van der Waals surface area contributed by atoms with Gasteiger partial charge in [-0.15, -0.1) is 11.3 Å². The zero-order valence-corrected chi connectivity index (χ0v) is 19.3. The first kappa shape index (κ1) is 22.1. The van der Waals surface area contributed by atoms with E-state index in [1.165, 1.54) is 0 Å². The van der Waals surface area contributed by atoms with Crippen LogP contribution in [0.25, 0.3) is 0 Å². The second-order valence-electron chi connectivity index (χ2n) is 7.49. The number of methoxy groups -OCH3 is 2. The molecule has 0 spiro atoms. The molecular weight excluding hydrogens is 426 g/mol. The average Bonchev–Trinajstić information content (AvgIpc) is 3.58. The van der Waals surface area contributed by atoms with Crippen LogP contribution in [0.4, 0.5) is 0 Å². The Balaban J connectivity index is 1.51. The van der Waals surface area contributed by atoms with Crippen LogP contribution in [0.3, 0.4) is 0 Å². The molecule has 168 valence electrons. The van der Waals surface area contributed by atoms with Crippen molar-refractivity contribution in [2.24, 2.45) is 5.10 Å². The molecule has 3 heterocycles. The molecule has 0 aliphatic carbocycles. The molecule has 0 N–H and O–H groups in total. The quantitative estimate of drug-likeness (QED) is 0.475. The van der Waals surface area contributed by atoms with Crippen molar-refractivity contribution in [2.75, 3.05) is 27.3 Å². The normalized spacial score (nSPS) is 15.8. The molecule has 1 aromatic carbocycles. The first-order valence-electron chi connectivity index (χ1n) is 10.5. The summed E-state index contributed by atoms with van der Waals surface area (Å²) in [4.78, 5) is 16.5. The van der Waals surface area contributed by atoms with Crippen LogP contribution in [0, 0.1) is 0 Å². The number of thiophene rings is 1. The maximum absolute atomic E-state index is 13.3. The highest BCUT2D eigenvalue weighted by molar-refractivity contribution is 7.12. The number of rotatable bonds is 9. The Hall–Kier alpha value is -3.10. The van der Waals surface area contributed by atoms with E-state index in [0.717, 1.165) is 28.5 Å². The highest BCUT2D eigenvalue weighted by atomic mass is 32.1. The summed E-state index contributed by atoms with van der Waals surface area (Å²) in [6.07, 6.45) is 2.28. The van der Waals surface area contributed by atoms with E-state index in [1.54, 1.807) is 36.8 Å². The zero-order valence-electron chi connectivity index (χ0n) is 18.5. The fourth-order valence-electron chi connectivity index (χ4n) is 3.81. The van der Waals surface area contributed by atoms with Gasteiger partial charge in [0.1, 0.15) is 11.8 Å². The second-order valence-corrected chi connectivity index (χ2v) is 8.44. The van der Waals surface area contributed by atoms with Crippen LogP contribution in [-0.2, 0) is 11.3 Å². The number of ether oxygens (including phenoxy) is 2. The smallest absolute Gasteiger partial charge is 0.257 e. The summed E-state index contributed by atoms with van der Waals surface area (Å²) in [6, 6.07) is 13.4. The van der Waals surface area contributed by atoms with Gasteiger partial charge in [0.05, 0.1) is 37.6 Å². The number of benzene rings is 1. The standard InChI is InChI=1S/C24H27N3O4S/c1-4-26(15-17-9-10-21(29-2)22(13-17)30-3)16-24(28)27-19(20-7-5-11-31-20)14-18(25-27)23-8-6-12-32-23/h5-13,19H,4,14-16H2,1-3H3/t19-/m0/s1. The summed E-state index contributed by atoms with van der Waals surface area (Å²) < 4.78 is 16.4. The van der Waals surface area contributed by atoms with Crippen LogP contribution < -0.4 is 9.47 Å². The summed E-state index contributed by atoms with van der Waals surface area (Å²) in [5, 5.41) is 8.31. The number of amides is 1. The number of carbonyl (C=O) groups is 1. The minimum atomic E-state index is -0.227. The zero-order chi connectivity index (χ0) is 22.5. The van der Waals surface area contributed by atoms with E-state index in [4.69, 9.17) is 19.0 Å². The molecule has 1 atom stereocenters. The fourth-order valence-corrected chi connectivity index (χ4v) is 4.54. The minimum Gasteiger partial charge on any atom is -0.493 e. The number of likely N-dealkylation sites (N-methyl/N-ethyl adjacent to an activating group) is 1. The molecule has 3 aromatic rings. The number of furan rings is 1. The molecular formula is C24H27N3O4S. The molecule has 0 fully saturated rings. The van der Waals surface area contributed by atoms with Crippen molar-refractivity contribution in [1.82, 2.24) is 9.91 Å². The second kappa shape index (κ2) is 10.0. The van der Waals surface area contributed by atoms with E-state index in [-0.39, 0.29) is 18.5 Å². The van der Waals surface area contributed by atoms with Crippen LogP contribution in [-0.4, -0.2) is 48.8 Å². The van der Waals surface area contributed by atoms with E-state index < -0.39 is 0 Å². The molecule has 0 unspecified atom stereocenters. The molecule has 0 saturated heterocycles. The molecule has 0 radical (unpaired) electrons. The molecule has 32 heavy (non-hydrogen) atoms. The van der Waals surface area contributed by atoms with E-state index >= 15 is 0 Å². The van der Waals surface area contributed by atoms with Crippen LogP contribution in [0.15, 0.2) is 63.6 Å². The Morgan fingerprint density at radius 1 is 1.22 bits per heavy atom. The van der Waals surface area contributed by atoms with Gasteiger partial charge in [0.25, 0.3) is 5.91 Å². The largest absolute Gasteiger partial charge is 0.493 e. The SMILES string of the molecule is CCN(CC(=O)N1N=C(c2cccs2)C[C@H]1c1ccco1)Cc1ccc(OC)c(OC)c1. The van der Waals surface area contributed by atoms with Crippen molar-refractivity contribution in [2.45, 2.75) is 25.9 Å². The van der Waals surface area contributed by atoms with Gasteiger partial charge in [-0.25, -0.2) is 5.01 Å². The molecule has 1 aliphatic heterocycles. The van der Waals surface area contributed by atoms with Gasteiger partial charge in [0.2, 0.25) is 0 Å². The van der Waals surface area contributed by atoms with E-state index in [2.05, 4.69) is 4.90 Å². The van der Waals surface area contributed by atoms with Gasteiger partial charge < -0.3 is 13.9 Å². The van der Waals surface area contributed by atoms with Gasteiger partial charge in [-0.1, -0.05) is 19.1 Å². The molecule has 4 rings (SSSR count). The predicted octanol–water partition coefficient (Wildman–Crippen LogP) is 4.56. The molecule has 2 aromatic heterocycles. The molecule has 8 heteroatoms. The van der Waals surface area contributed by atoms with Crippen LogP contribution >= 0.6 is 11.3 Å². The van der Waals surface area contributed by atoms with E-state index in [0.29, 0.717) is 24.5 Å². The van der Waals surface area contributed by atoms with Gasteiger partial charge in [-0.3, -0.25) is 9.69 Å². The minimum absolute atomic E-state index is 0.0553. The summed E-state index contributed by atoms with van der Waals surface area (Å²) >= 11 is 1.63. The van der Waals surface area contributed by atoms with Crippen LogP contribution in [0.5, 0.6) is 11.5 Å². The lowest BCUT2D eigenvalue weighted by molar-refractivity contribution is -0.134. The summed E-state index contributed by atoms with van der Waals surface area (Å²) in [5.41, 5.74) is 1.96. The Bertz CT molecular complexity index is 1060. The number of hydrogen-bond acceptors (Lipinski definition) is 7. The molecule has 0 saturated carbocycles. The van der Waals surface area contributed by atoms with E-state index in [9.17, 15) is 4.79 Å². The van der Waals surface area contributed by atoms with Crippen molar-refractivity contribution in [3.05, 3.63) is 70.3 Å². The number of hydrazone groups is 1. The third-order valence-electron chi connectivity index (χ3n) is 5.50. The maximum atomic E-state index is 13.3. The Kier molecular flexibility index (Phi) is 6.92. The van der Waals surface area contributed by atoms with Crippen LogP contribution in [0.2, 0.25) is 0 Å². The average molecular weight is 454 g/mol. The monoisotopic (exact) mass is 453 g/mol. The van der Waals surface area contributed by atoms with Gasteiger partial charge in [0, 0.05) is 13.0 Å². The van der Waals surface area contributed by atoms with Gasteiger partial charge in [0.15, 0.2) is 11.5 Å². The lowest BCUT2D eigenvalue weighted by Crippen LogP contribution is -2.37. The molecule has 7 nitrogen and oxygen atoms in total. The van der Waals surface area contributed by atoms with Gasteiger partial charge in [-0.05, 0) is 47.8 Å². The van der Waals surface area contributed by atoms with E-state index in [1.807, 2.05) is 54.8 Å². The Labute approximate surface area is 191 Å². The molecule has 1 aliphatic rings. The first-order chi connectivity index (χ1) is 15.6. The topological polar surface area (TPSA) is 67.5 Å². The van der Waals surface area contributed by atoms with Crippen LogP contribution in [0.1, 0.15) is 35.6 Å². The number of carbonyl (C=O) groups excluding carboxylic acids is 1. The van der Waals surface area contributed by atoms with Crippen molar-refractivity contribution in [3.8, 4) is 11.5 Å². The summed E-state index contributed by atoms with van der Waals surface area (Å²) in [7, 11) is 3.24. The first-order valence-corrected chi connectivity index (χ1v) is 11.4. The Morgan fingerprint density at radius 3 is 2.72 bits per heavy atom. The fraction of sp³-hybridized carbons (Fsp3) is 0.333. The lowest BCUT2D eigenvalue weighted by Gasteiger charge is -2.25. The highest BCUT2D eigenvalue weighted by Gasteiger charge is 2.35. The highest BCUT2D eigenvalue weighted by Crippen LogP contribution is 2.34. The molecule has 0 bridgehead atoms.